The van der Waals surface area contributed by atoms with E-state index in [4.69, 9.17) is 19.2 Å². The Balaban J connectivity index is 1.70. The van der Waals surface area contributed by atoms with Crippen LogP contribution in [-0.4, -0.2) is 40.9 Å². The van der Waals surface area contributed by atoms with Crippen LogP contribution in [0.3, 0.4) is 0 Å². The van der Waals surface area contributed by atoms with E-state index in [9.17, 15) is 0 Å². The number of aromatic nitrogens is 1. The molecule has 1 fully saturated rings. The van der Waals surface area contributed by atoms with Crippen molar-refractivity contribution < 1.29 is 14.2 Å². The predicted molar refractivity (Wildman–Crippen MR) is 107 cm³/mol. The fourth-order valence-electron chi connectivity index (χ4n) is 3.54. The molecule has 3 aromatic rings. The molecule has 0 aliphatic carbocycles. The fourth-order valence-corrected chi connectivity index (χ4v) is 3.54. The molecule has 1 aromatic heterocycles. The SMILES string of the molecule is CN1C(C)(C)COC12Oc1ccc3ncccc3c1N=C2Oc1ccccc1. The topological polar surface area (TPSA) is 56.2 Å². The summed E-state index contributed by atoms with van der Waals surface area (Å²) in [6, 6.07) is 17.2. The minimum Gasteiger partial charge on any atom is -0.439 e. The second kappa shape index (κ2) is 6.02. The van der Waals surface area contributed by atoms with E-state index in [-0.39, 0.29) is 5.54 Å². The van der Waals surface area contributed by atoms with E-state index in [0.717, 1.165) is 10.9 Å². The number of para-hydroxylation sites is 1. The minimum atomic E-state index is -1.22. The van der Waals surface area contributed by atoms with Gasteiger partial charge in [0.15, 0.2) is 5.75 Å². The number of benzene rings is 2. The number of likely N-dealkylation sites (N-methyl/N-ethyl adjacent to an activating group) is 1. The van der Waals surface area contributed by atoms with Crippen LogP contribution < -0.4 is 9.47 Å². The third-order valence-electron chi connectivity index (χ3n) is 5.38. The van der Waals surface area contributed by atoms with Crippen molar-refractivity contribution in [2.24, 2.45) is 4.99 Å². The van der Waals surface area contributed by atoms with E-state index in [1.807, 2.05) is 66.5 Å². The number of ether oxygens (including phenoxy) is 3. The van der Waals surface area contributed by atoms with Gasteiger partial charge in [-0.1, -0.05) is 18.2 Å². The molecule has 1 saturated heterocycles. The first-order valence-corrected chi connectivity index (χ1v) is 9.26. The highest BCUT2D eigenvalue weighted by Gasteiger charge is 2.59. The van der Waals surface area contributed by atoms with Crippen LogP contribution in [0.15, 0.2) is 65.8 Å². The maximum Gasteiger partial charge on any atom is 0.354 e. The van der Waals surface area contributed by atoms with Gasteiger partial charge in [0, 0.05) is 17.1 Å². The van der Waals surface area contributed by atoms with Crippen molar-refractivity contribution in [1.29, 1.82) is 0 Å². The Bertz CT molecular complexity index is 1080. The molecule has 2 aromatic carbocycles. The van der Waals surface area contributed by atoms with Crippen LogP contribution in [0.25, 0.3) is 10.9 Å². The molecule has 0 saturated carbocycles. The van der Waals surface area contributed by atoms with Crippen molar-refractivity contribution in [2.75, 3.05) is 13.7 Å². The summed E-state index contributed by atoms with van der Waals surface area (Å²) in [4.78, 5) is 11.3. The number of nitrogens with zero attached hydrogens (tertiary/aromatic N) is 3. The molecule has 6 heteroatoms. The zero-order valence-electron chi connectivity index (χ0n) is 16.0. The van der Waals surface area contributed by atoms with Gasteiger partial charge in [0.2, 0.25) is 0 Å². The number of hydrogen-bond acceptors (Lipinski definition) is 6. The van der Waals surface area contributed by atoms with Crippen LogP contribution in [-0.2, 0) is 4.74 Å². The first-order valence-electron chi connectivity index (χ1n) is 9.26. The Morgan fingerprint density at radius 1 is 1.04 bits per heavy atom. The van der Waals surface area contributed by atoms with Crippen molar-refractivity contribution in [3.05, 3.63) is 60.8 Å². The maximum absolute atomic E-state index is 6.44. The lowest BCUT2D eigenvalue weighted by Gasteiger charge is -2.40. The van der Waals surface area contributed by atoms with E-state index in [1.165, 1.54) is 0 Å². The summed E-state index contributed by atoms with van der Waals surface area (Å²) < 4.78 is 18.8. The molecular weight excluding hydrogens is 354 g/mol. The molecule has 1 atom stereocenters. The summed E-state index contributed by atoms with van der Waals surface area (Å²) in [7, 11) is 1.96. The van der Waals surface area contributed by atoms with Crippen LogP contribution >= 0.6 is 0 Å². The summed E-state index contributed by atoms with van der Waals surface area (Å²) in [6.45, 7) is 4.70. The second-order valence-corrected chi connectivity index (χ2v) is 7.66. The number of fused-ring (bicyclic) bond motifs is 3. The van der Waals surface area contributed by atoms with Gasteiger partial charge < -0.3 is 14.2 Å². The lowest BCUT2D eigenvalue weighted by atomic mass is 10.1. The average Bonchev–Trinajstić information content (AvgIpc) is 2.94. The summed E-state index contributed by atoms with van der Waals surface area (Å²) in [6.07, 6.45) is 1.77. The van der Waals surface area contributed by atoms with Crippen molar-refractivity contribution in [3.8, 4) is 11.5 Å². The highest BCUT2D eigenvalue weighted by molar-refractivity contribution is 6.00. The van der Waals surface area contributed by atoms with Crippen LogP contribution in [0.1, 0.15) is 13.8 Å². The Hall–Kier alpha value is -2.96. The van der Waals surface area contributed by atoms with Gasteiger partial charge in [0.05, 0.1) is 12.1 Å². The maximum atomic E-state index is 6.44. The van der Waals surface area contributed by atoms with Gasteiger partial charge in [-0.3, -0.25) is 4.98 Å². The van der Waals surface area contributed by atoms with Crippen molar-refractivity contribution >= 4 is 22.5 Å². The van der Waals surface area contributed by atoms with Gasteiger partial charge in [-0.15, -0.1) is 0 Å². The lowest BCUT2D eigenvalue weighted by molar-refractivity contribution is -0.175. The summed E-state index contributed by atoms with van der Waals surface area (Å²) >= 11 is 0. The molecule has 3 heterocycles. The first-order chi connectivity index (χ1) is 13.5. The van der Waals surface area contributed by atoms with Gasteiger partial charge in [0.1, 0.15) is 11.4 Å². The molecule has 0 radical (unpaired) electrons. The Labute approximate surface area is 163 Å². The molecule has 0 N–H and O–H groups in total. The van der Waals surface area contributed by atoms with Gasteiger partial charge in [-0.05, 0) is 57.3 Å². The van der Waals surface area contributed by atoms with E-state index in [0.29, 0.717) is 29.7 Å². The molecule has 5 rings (SSSR count). The predicted octanol–water partition coefficient (Wildman–Crippen LogP) is 4.13. The fraction of sp³-hybridized carbons (Fsp3) is 0.273. The molecule has 0 bridgehead atoms. The van der Waals surface area contributed by atoms with Crippen LogP contribution in [0.2, 0.25) is 0 Å². The molecule has 28 heavy (non-hydrogen) atoms. The third kappa shape index (κ3) is 2.49. The zero-order valence-corrected chi connectivity index (χ0v) is 16.0. The van der Waals surface area contributed by atoms with Crippen molar-refractivity contribution in [2.45, 2.75) is 25.3 Å². The highest BCUT2D eigenvalue weighted by atomic mass is 16.8. The first kappa shape index (κ1) is 17.2. The Kier molecular flexibility index (Phi) is 3.69. The number of aliphatic imine (C=N–C) groups is 1. The standard InChI is InChI=1S/C22H21N3O3/c1-21(2)14-26-22(25(21)3)20(27-15-8-5-4-6-9-15)24-19-16-10-7-13-23-17(16)11-12-18(19)28-22/h4-13H,14H2,1-3H3. The molecule has 2 aliphatic rings. The lowest BCUT2D eigenvalue weighted by Crippen LogP contribution is -2.60. The van der Waals surface area contributed by atoms with Crippen molar-refractivity contribution in [1.82, 2.24) is 9.88 Å². The van der Waals surface area contributed by atoms with E-state index in [1.54, 1.807) is 6.20 Å². The molecule has 142 valence electrons. The van der Waals surface area contributed by atoms with Gasteiger partial charge in [-0.25, -0.2) is 9.89 Å². The third-order valence-corrected chi connectivity index (χ3v) is 5.38. The van der Waals surface area contributed by atoms with Crippen LogP contribution in [0.4, 0.5) is 5.69 Å². The van der Waals surface area contributed by atoms with Crippen LogP contribution in [0.5, 0.6) is 11.5 Å². The van der Waals surface area contributed by atoms with E-state index < -0.39 is 5.91 Å². The molecule has 2 aliphatic heterocycles. The minimum absolute atomic E-state index is 0.239. The summed E-state index contributed by atoms with van der Waals surface area (Å²) in [5.74, 6) is 0.455. The highest BCUT2D eigenvalue weighted by Crippen LogP contribution is 2.46. The normalized spacial score (nSPS) is 23.3. The number of rotatable bonds is 1. The Morgan fingerprint density at radius 3 is 2.61 bits per heavy atom. The summed E-state index contributed by atoms with van der Waals surface area (Å²) in [5, 5.41) is 0.906. The molecular formula is C22H21N3O3. The van der Waals surface area contributed by atoms with E-state index >= 15 is 0 Å². The number of hydrogen-bond donors (Lipinski definition) is 0. The molecule has 6 nitrogen and oxygen atoms in total. The largest absolute Gasteiger partial charge is 0.439 e. The van der Waals surface area contributed by atoms with E-state index in [2.05, 4.69) is 18.8 Å². The monoisotopic (exact) mass is 375 g/mol. The van der Waals surface area contributed by atoms with Crippen molar-refractivity contribution in [3.63, 3.8) is 0 Å². The summed E-state index contributed by atoms with van der Waals surface area (Å²) in [5.41, 5.74) is 1.31. The number of pyridine rings is 1. The second-order valence-electron chi connectivity index (χ2n) is 7.66. The molecule has 1 spiro atoms. The van der Waals surface area contributed by atoms with Gasteiger partial charge >= 0.3 is 5.91 Å². The van der Waals surface area contributed by atoms with Gasteiger partial charge in [-0.2, -0.15) is 0 Å². The smallest absolute Gasteiger partial charge is 0.354 e. The molecule has 1 unspecified atom stereocenters. The average molecular weight is 375 g/mol. The molecule has 0 amide bonds. The zero-order chi connectivity index (χ0) is 19.4. The Morgan fingerprint density at radius 2 is 1.86 bits per heavy atom. The quantitative estimate of drug-likeness (QED) is 0.640. The van der Waals surface area contributed by atoms with Crippen LogP contribution in [0, 0.1) is 0 Å². The van der Waals surface area contributed by atoms with Gasteiger partial charge in [0.25, 0.3) is 5.90 Å².